The van der Waals surface area contributed by atoms with Gasteiger partial charge in [-0.15, -0.1) is 0 Å². The fraction of sp³-hybridized carbons (Fsp3) is 0.500. The van der Waals surface area contributed by atoms with Crippen molar-refractivity contribution in [3.8, 4) is 5.75 Å². The first-order valence-electron chi connectivity index (χ1n) is 14.2. The van der Waals surface area contributed by atoms with Gasteiger partial charge in [0.15, 0.2) is 5.69 Å². The van der Waals surface area contributed by atoms with Gasteiger partial charge in [-0.1, -0.05) is 13.8 Å². The van der Waals surface area contributed by atoms with E-state index < -0.39 is 29.4 Å². The Labute approximate surface area is 247 Å². The molecule has 3 aromatic rings. The molecule has 13 heteroatoms. The molecule has 0 unspecified atom stereocenters. The molecule has 43 heavy (non-hydrogen) atoms. The first kappa shape index (κ1) is 30.6. The number of aromatic amines is 1. The van der Waals surface area contributed by atoms with Crippen LogP contribution in [-0.2, 0) is 32.9 Å². The van der Waals surface area contributed by atoms with E-state index in [1.165, 1.54) is 18.1 Å². The minimum absolute atomic E-state index is 0.0463. The summed E-state index contributed by atoms with van der Waals surface area (Å²) in [6.45, 7) is 11.5. The molecule has 4 heterocycles. The largest absolute Gasteiger partial charge is 0.492 e. The Morgan fingerprint density at radius 3 is 2.44 bits per heavy atom. The van der Waals surface area contributed by atoms with Crippen molar-refractivity contribution in [1.82, 2.24) is 24.6 Å². The van der Waals surface area contributed by atoms with Gasteiger partial charge in [-0.2, -0.15) is 18.3 Å². The van der Waals surface area contributed by atoms with Crippen LogP contribution in [0.1, 0.15) is 55.0 Å². The summed E-state index contributed by atoms with van der Waals surface area (Å²) in [5.74, 6) is -0.527. The van der Waals surface area contributed by atoms with Crippen molar-refractivity contribution < 1.29 is 37.0 Å². The van der Waals surface area contributed by atoms with E-state index in [0.717, 1.165) is 24.3 Å². The van der Waals surface area contributed by atoms with Crippen molar-refractivity contribution in [1.29, 1.82) is 0 Å². The van der Waals surface area contributed by atoms with Gasteiger partial charge in [-0.05, 0) is 38.1 Å². The number of esters is 1. The number of rotatable bonds is 7. The lowest BCUT2D eigenvalue weighted by Crippen LogP contribution is -2.38. The van der Waals surface area contributed by atoms with Crippen molar-refractivity contribution in [2.75, 3.05) is 46.0 Å². The van der Waals surface area contributed by atoms with Gasteiger partial charge in [0.1, 0.15) is 12.4 Å². The third-order valence-electron chi connectivity index (χ3n) is 7.55. The first-order chi connectivity index (χ1) is 20.3. The molecule has 1 amide bonds. The van der Waals surface area contributed by atoms with Gasteiger partial charge in [-0.25, -0.2) is 4.79 Å². The molecule has 2 aromatic heterocycles. The average Bonchev–Trinajstić information content (AvgIpc) is 3.45. The summed E-state index contributed by atoms with van der Waals surface area (Å²) < 4.78 is 59.4. The van der Waals surface area contributed by atoms with E-state index in [-0.39, 0.29) is 34.8 Å². The number of nitrogens with zero attached hydrogens (tertiary/aromatic N) is 4. The van der Waals surface area contributed by atoms with Gasteiger partial charge in [0, 0.05) is 56.0 Å². The lowest BCUT2D eigenvalue weighted by Gasteiger charge is -2.29. The van der Waals surface area contributed by atoms with Crippen LogP contribution in [0.15, 0.2) is 30.5 Å². The third kappa shape index (κ3) is 6.28. The number of hydrogen-bond acceptors (Lipinski definition) is 7. The Bertz CT molecular complexity index is 1530. The molecule has 10 nitrogen and oxygen atoms in total. The normalized spacial score (nSPS) is 17.5. The number of fused-ring (bicyclic) bond motifs is 3. The summed E-state index contributed by atoms with van der Waals surface area (Å²) in [7, 11) is 1.43. The zero-order chi connectivity index (χ0) is 31.1. The lowest BCUT2D eigenvalue weighted by atomic mass is 9.83. The Kier molecular flexibility index (Phi) is 8.32. The highest BCUT2D eigenvalue weighted by Crippen LogP contribution is 2.44. The molecule has 0 bridgehead atoms. The molecule has 2 aliphatic heterocycles. The van der Waals surface area contributed by atoms with Crippen LogP contribution in [-0.4, -0.2) is 88.5 Å². The molecular formula is C30H36F3N5O5. The zero-order valence-electron chi connectivity index (χ0n) is 24.9. The molecule has 0 saturated carbocycles. The Morgan fingerprint density at radius 2 is 1.81 bits per heavy atom. The van der Waals surface area contributed by atoms with Crippen LogP contribution >= 0.6 is 0 Å². The molecule has 2 aliphatic rings. The number of H-pyrrole nitrogens is 1. The van der Waals surface area contributed by atoms with E-state index in [1.54, 1.807) is 38.1 Å². The average molecular weight is 604 g/mol. The molecule has 0 radical (unpaired) electrons. The van der Waals surface area contributed by atoms with E-state index in [1.807, 2.05) is 13.8 Å². The molecule has 0 spiro atoms. The Morgan fingerprint density at radius 1 is 1.14 bits per heavy atom. The molecule has 232 valence electrons. The van der Waals surface area contributed by atoms with Crippen LogP contribution in [0, 0.1) is 0 Å². The van der Waals surface area contributed by atoms with Crippen molar-refractivity contribution in [2.24, 2.45) is 7.05 Å². The van der Waals surface area contributed by atoms with Gasteiger partial charge in [0.25, 0.3) is 5.91 Å². The van der Waals surface area contributed by atoms with Gasteiger partial charge in [0.2, 0.25) is 0 Å². The first-order valence-corrected chi connectivity index (χ1v) is 14.2. The number of nitrogens with one attached hydrogen (secondary N) is 1. The molecule has 0 atom stereocenters. The molecule has 1 saturated heterocycles. The van der Waals surface area contributed by atoms with Crippen molar-refractivity contribution in [3.63, 3.8) is 0 Å². The van der Waals surface area contributed by atoms with Crippen LogP contribution < -0.4 is 4.74 Å². The second kappa shape index (κ2) is 11.7. The fourth-order valence-corrected chi connectivity index (χ4v) is 5.61. The zero-order valence-corrected chi connectivity index (χ0v) is 24.9. The van der Waals surface area contributed by atoms with Crippen LogP contribution in [0.25, 0.3) is 16.6 Å². The molecule has 0 aliphatic carbocycles. The Hall–Kier alpha value is -3.84. The van der Waals surface area contributed by atoms with E-state index in [9.17, 15) is 22.8 Å². The number of morpholine rings is 1. The maximum atomic E-state index is 13.9. The minimum atomic E-state index is -4.71. The quantitative estimate of drug-likeness (QED) is 0.401. The van der Waals surface area contributed by atoms with E-state index in [0.29, 0.717) is 36.7 Å². The fourth-order valence-electron chi connectivity index (χ4n) is 5.61. The minimum Gasteiger partial charge on any atom is -0.492 e. The number of aromatic nitrogens is 3. The van der Waals surface area contributed by atoms with Gasteiger partial charge in [-0.3, -0.25) is 14.4 Å². The summed E-state index contributed by atoms with van der Waals surface area (Å²) in [6.07, 6.45) is -3.84. The number of halogens is 3. The summed E-state index contributed by atoms with van der Waals surface area (Å²) in [6, 6.07) is 6.73. The molecule has 1 fully saturated rings. The number of ether oxygens (including phenoxy) is 3. The van der Waals surface area contributed by atoms with Crippen LogP contribution in [0.3, 0.4) is 0 Å². The van der Waals surface area contributed by atoms with E-state index >= 15 is 0 Å². The molecule has 1 aromatic carbocycles. The third-order valence-corrected chi connectivity index (χ3v) is 7.55. The van der Waals surface area contributed by atoms with Gasteiger partial charge < -0.3 is 24.1 Å². The van der Waals surface area contributed by atoms with E-state index in [2.05, 4.69) is 15.0 Å². The van der Waals surface area contributed by atoms with Gasteiger partial charge >= 0.3 is 12.1 Å². The van der Waals surface area contributed by atoms with Crippen LogP contribution in [0.4, 0.5) is 13.2 Å². The smallest absolute Gasteiger partial charge is 0.437 e. The van der Waals surface area contributed by atoms with Crippen molar-refractivity contribution >= 4 is 28.5 Å². The molecular weight excluding hydrogens is 567 g/mol. The number of amides is 1. The predicted octanol–water partition coefficient (Wildman–Crippen LogP) is 4.36. The highest BCUT2D eigenvalue weighted by atomic mass is 19.4. The molecule has 5 rings (SSSR count). The van der Waals surface area contributed by atoms with Crippen LogP contribution in [0.5, 0.6) is 5.75 Å². The highest BCUT2D eigenvalue weighted by molar-refractivity contribution is 6.18. The lowest BCUT2D eigenvalue weighted by molar-refractivity contribution is -0.141. The summed E-state index contributed by atoms with van der Waals surface area (Å²) in [5.41, 5.74) is -1.05. The second-order valence-corrected chi connectivity index (χ2v) is 11.7. The topological polar surface area (TPSA) is 102 Å². The highest BCUT2D eigenvalue weighted by Gasteiger charge is 2.43. The number of hydrogen-bond donors (Lipinski definition) is 1. The summed E-state index contributed by atoms with van der Waals surface area (Å²) in [4.78, 5) is 33.6. The van der Waals surface area contributed by atoms with Crippen LogP contribution in [0.2, 0.25) is 0 Å². The van der Waals surface area contributed by atoms with Crippen molar-refractivity contribution in [3.05, 3.63) is 53.0 Å². The second-order valence-electron chi connectivity index (χ2n) is 11.7. The summed E-state index contributed by atoms with van der Waals surface area (Å²) >= 11 is 0. The maximum Gasteiger partial charge on any atom is 0.437 e. The number of benzene rings is 1. The number of carbonyl (C=O) groups excluding carboxylic acids is 2. The van der Waals surface area contributed by atoms with E-state index in [4.69, 9.17) is 14.2 Å². The summed E-state index contributed by atoms with van der Waals surface area (Å²) in [5, 5.41) is 3.73. The number of alkyl halides is 3. The Balaban J connectivity index is 1.46. The number of aryl methyl sites for hydroxylation is 1. The number of carbonyl (C=O) groups is 2. The SMILES string of the molecule is CC(C)OC(=O)C1=CN(C(=O)c2ccc(OCCN3CCOCC3)cc2)CC(C)(C)c2c1[nH]c1c(C(F)(F)F)nn(C)c21. The van der Waals surface area contributed by atoms with Gasteiger partial charge in [0.05, 0.1) is 41.6 Å². The standard InChI is InChI=1S/C30H36F3N5O5/c1-18(2)43-28(40)21-16-38(27(39)19-6-8-20(9-7-19)42-15-12-37-10-13-41-14-11-37)17-29(3,4)22-23(21)34-24-25(22)36(5)35-26(24)30(31,32)33/h6-9,16,18,34H,10-15,17H2,1-5H3. The molecule has 1 N–H and O–H groups in total. The predicted molar refractivity (Wildman–Crippen MR) is 153 cm³/mol. The maximum absolute atomic E-state index is 13.9. The van der Waals surface area contributed by atoms with Crippen molar-refractivity contribution in [2.45, 2.75) is 45.4 Å². The monoisotopic (exact) mass is 603 g/mol.